The Kier molecular flexibility index (Phi) is 1.89. The molecule has 0 fully saturated rings. The molecule has 3 heteroatoms. The normalized spacial score (nSPS) is 9.55. The first-order chi connectivity index (χ1) is 4.86. The lowest BCUT2D eigenvalue weighted by molar-refractivity contribution is 0.665. The molecular formula is C8H11N3. The minimum absolute atomic E-state index is 0. The van der Waals surface area contributed by atoms with Gasteiger partial charge in [0, 0.05) is 7.05 Å². The van der Waals surface area contributed by atoms with Crippen molar-refractivity contribution in [1.29, 1.82) is 0 Å². The molecule has 0 aliphatic heterocycles. The Balaban J connectivity index is 0.000000605. The largest absolute Gasteiger partial charge is 0.187 e. The summed E-state index contributed by atoms with van der Waals surface area (Å²) in [4.78, 5) is 1.57. The fourth-order valence-electron chi connectivity index (χ4n) is 0.967. The van der Waals surface area contributed by atoms with Crippen LogP contribution in [0.2, 0.25) is 0 Å². The number of fused-ring (bicyclic) bond motifs is 1. The maximum atomic E-state index is 4.12. The highest BCUT2D eigenvalue weighted by Crippen LogP contribution is 2.05. The van der Waals surface area contributed by atoms with Crippen LogP contribution in [-0.2, 0) is 7.05 Å². The van der Waals surface area contributed by atoms with Crippen LogP contribution >= 0.6 is 0 Å². The monoisotopic (exact) mass is 149 g/mol. The van der Waals surface area contributed by atoms with Crippen molar-refractivity contribution in [3.05, 3.63) is 24.3 Å². The Morgan fingerprint density at radius 3 is 2.00 bits per heavy atom. The summed E-state index contributed by atoms with van der Waals surface area (Å²) in [6, 6.07) is 7.80. The maximum Gasteiger partial charge on any atom is 0.113 e. The molecule has 3 nitrogen and oxygen atoms in total. The molecule has 2 rings (SSSR count). The van der Waals surface area contributed by atoms with Gasteiger partial charge in [-0.25, -0.2) is 0 Å². The first-order valence-electron chi connectivity index (χ1n) is 3.12. The van der Waals surface area contributed by atoms with E-state index in [4.69, 9.17) is 0 Å². The minimum Gasteiger partial charge on any atom is -0.187 e. The van der Waals surface area contributed by atoms with Crippen molar-refractivity contribution >= 4 is 11.0 Å². The van der Waals surface area contributed by atoms with E-state index < -0.39 is 0 Å². The van der Waals surface area contributed by atoms with Crippen molar-refractivity contribution < 1.29 is 0 Å². The van der Waals surface area contributed by atoms with E-state index in [9.17, 15) is 0 Å². The number of hydrogen-bond acceptors (Lipinski definition) is 2. The van der Waals surface area contributed by atoms with Crippen LogP contribution < -0.4 is 0 Å². The van der Waals surface area contributed by atoms with Crippen LogP contribution in [0.3, 0.4) is 0 Å². The number of nitrogens with zero attached hydrogens (tertiary/aromatic N) is 3. The fraction of sp³-hybridized carbons (Fsp3) is 0.250. The highest BCUT2D eigenvalue weighted by molar-refractivity contribution is 5.72. The topological polar surface area (TPSA) is 30.7 Å². The lowest BCUT2D eigenvalue weighted by atomic mass is 10.3. The molecule has 1 aromatic heterocycles. The van der Waals surface area contributed by atoms with E-state index in [0.717, 1.165) is 11.0 Å². The molecule has 58 valence electrons. The SMILES string of the molecule is C.Cn1nc2ccccc2n1. The summed E-state index contributed by atoms with van der Waals surface area (Å²) in [7, 11) is 1.82. The van der Waals surface area contributed by atoms with Gasteiger partial charge in [0.25, 0.3) is 0 Å². The van der Waals surface area contributed by atoms with Crippen LogP contribution in [0.25, 0.3) is 11.0 Å². The van der Waals surface area contributed by atoms with Gasteiger partial charge in [0.1, 0.15) is 11.0 Å². The Hall–Kier alpha value is -1.38. The Morgan fingerprint density at radius 1 is 1.09 bits per heavy atom. The zero-order valence-electron chi connectivity index (χ0n) is 5.65. The van der Waals surface area contributed by atoms with Crippen LogP contribution in [-0.4, -0.2) is 15.0 Å². The quantitative estimate of drug-likeness (QED) is 0.569. The molecule has 0 atom stereocenters. The molecule has 0 radical (unpaired) electrons. The summed E-state index contributed by atoms with van der Waals surface area (Å²) >= 11 is 0. The third-order valence-corrected chi connectivity index (χ3v) is 1.39. The van der Waals surface area contributed by atoms with Gasteiger partial charge in [-0.2, -0.15) is 15.0 Å². The van der Waals surface area contributed by atoms with Gasteiger partial charge in [-0.3, -0.25) is 0 Å². The second kappa shape index (κ2) is 2.70. The van der Waals surface area contributed by atoms with Crippen molar-refractivity contribution in [1.82, 2.24) is 15.0 Å². The summed E-state index contributed by atoms with van der Waals surface area (Å²) in [6.07, 6.45) is 0. The molecule has 0 bridgehead atoms. The predicted octanol–water partition coefficient (Wildman–Crippen LogP) is 1.60. The minimum atomic E-state index is 0. The fourth-order valence-corrected chi connectivity index (χ4v) is 0.967. The maximum absolute atomic E-state index is 4.12. The standard InChI is InChI=1S/C7H7N3.CH4/c1-10-8-6-4-2-3-5-7(6)9-10;/h2-5H,1H3;1H4. The number of benzene rings is 1. The van der Waals surface area contributed by atoms with Crippen LogP contribution in [0, 0.1) is 0 Å². The zero-order valence-corrected chi connectivity index (χ0v) is 5.65. The number of aryl methyl sites for hydroxylation is 1. The van der Waals surface area contributed by atoms with E-state index in [0.29, 0.717) is 0 Å². The van der Waals surface area contributed by atoms with E-state index in [1.807, 2.05) is 31.3 Å². The Bertz CT molecular complexity index is 318. The van der Waals surface area contributed by atoms with Crippen molar-refractivity contribution in [3.8, 4) is 0 Å². The first kappa shape index (κ1) is 7.72. The van der Waals surface area contributed by atoms with Crippen molar-refractivity contribution in [2.45, 2.75) is 7.43 Å². The molecule has 0 aliphatic rings. The van der Waals surface area contributed by atoms with Crippen LogP contribution in [0.15, 0.2) is 24.3 Å². The molecule has 2 aromatic rings. The lowest BCUT2D eigenvalue weighted by Crippen LogP contribution is -1.90. The molecule has 0 spiro atoms. The van der Waals surface area contributed by atoms with Crippen LogP contribution in [0.4, 0.5) is 0 Å². The van der Waals surface area contributed by atoms with Gasteiger partial charge in [0.05, 0.1) is 0 Å². The molecule has 1 heterocycles. The summed E-state index contributed by atoms with van der Waals surface area (Å²) < 4.78 is 0. The van der Waals surface area contributed by atoms with E-state index in [2.05, 4.69) is 10.2 Å². The van der Waals surface area contributed by atoms with Gasteiger partial charge >= 0.3 is 0 Å². The van der Waals surface area contributed by atoms with Crippen LogP contribution in [0.1, 0.15) is 7.43 Å². The Morgan fingerprint density at radius 2 is 1.55 bits per heavy atom. The second-order valence-corrected chi connectivity index (χ2v) is 2.18. The highest BCUT2D eigenvalue weighted by Gasteiger charge is 1.94. The van der Waals surface area contributed by atoms with Crippen LogP contribution in [0.5, 0.6) is 0 Å². The average Bonchev–Trinajstić information content (AvgIpc) is 2.27. The number of rotatable bonds is 0. The second-order valence-electron chi connectivity index (χ2n) is 2.18. The molecule has 0 amide bonds. The first-order valence-corrected chi connectivity index (χ1v) is 3.12. The summed E-state index contributed by atoms with van der Waals surface area (Å²) in [5.74, 6) is 0. The molecule has 0 unspecified atom stereocenters. The van der Waals surface area contributed by atoms with E-state index >= 15 is 0 Å². The average molecular weight is 149 g/mol. The molecule has 11 heavy (non-hydrogen) atoms. The van der Waals surface area contributed by atoms with Gasteiger partial charge in [0.2, 0.25) is 0 Å². The van der Waals surface area contributed by atoms with Crippen molar-refractivity contribution in [2.24, 2.45) is 7.05 Å². The van der Waals surface area contributed by atoms with Crippen molar-refractivity contribution in [2.75, 3.05) is 0 Å². The van der Waals surface area contributed by atoms with Gasteiger partial charge in [-0.1, -0.05) is 19.6 Å². The molecule has 0 N–H and O–H groups in total. The molecule has 0 saturated heterocycles. The summed E-state index contributed by atoms with van der Waals surface area (Å²) in [6.45, 7) is 0. The third-order valence-electron chi connectivity index (χ3n) is 1.39. The summed E-state index contributed by atoms with van der Waals surface area (Å²) in [5, 5.41) is 8.24. The molecule has 0 saturated carbocycles. The summed E-state index contributed by atoms with van der Waals surface area (Å²) in [5.41, 5.74) is 1.90. The smallest absolute Gasteiger partial charge is 0.113 e. The molecular weight excluding hydrogens is 138 g/mol. The van der Waals surface area contributed by atoms with E-state index in [-0.39, 0.29) is 7.43 Å². The van der Waals surface area contributed by atoms with E-state index in [1.165, 1.54) is 0 Å². The van der Waals surface area contributed by atoms with Gasteiger partial charge in [-0.05, 0) is 12.1 Å². The zero-order chi connectivity index (χ0) is 6.97. The third kappa shape index (κ3) is 1.22. The highest BCUT2D eigenvalue weighted by atomic mass is 15.4. The molecule has 0 aliphatic carbocycles. The number of hydrogen-bond donors (Lipinski definition) is 0. The van der Waals surface area contributed by atoms with Gasteiger partial charge in [-0.15, -0.1) is 0 Å². The van der Waals surface area contributed by atoms with Gasteiger partial charge < -0.3 is 0 Å². The Labute approximate surface area is 65.6 Å². The van der Waals surface area contributed by atoms with Crippen molar-refractivity contribution in [3.63, 3.8) is 0 Å². The molecule has 1 aromatic carbocycles. The lowest BCUT2D eigenvalue weighted by Gasteiger charge is -1.78. The predicted molar refractivity (Wildman–Crippen MR) is 45.2 cm³/mol. The number of aromatic nitrogens is 3. The van der Waals surface area contributed by atoms with Gasteiger partial charge in [0.15, 0.2) is 0 Å². The van der Waals surface area contributed by atoms with E-state index in [1.54, 1.807) is 4.80 Å².